The van der Waals surface area contributed by atoms with Crippen LogP contribution in [0.3, 0.4) is 0 Å². The van der Waals surface area contributed by atoms with Crippen LogP contribution in [0.1, 0.15) is 33.3 Å². The standard InChI is InChI=1S/C19H34N4O2/c1-14(2)23(15(3)4)11-10-21-19(20-5)22-13-16-8-9-17(24-6)18(12-16)25-7/h8-9,12,14-15H,10-11,13H2,1-7H3,(H2,20,21,22). The topological polar surface area (TPSA) is 58.1 Å². The molecule has 6 heteroatoms. The largest absolute Gasteiger partial charge is 0.493 e. The van der Waals surface area contributed by atoms with Crippen LogP contribution in [0.5, 0.6) is 11.5 Å². The van der Waals surface area contributed by atoms with Gasteiger partial charge in [-0.15, -0.1) is 0 Å². The second-order valence-corrected chi connectivity index (χ2v) is 6.47. The summed E-state index contributed by atoms with van der Waals surface area (Å²) >= 11 is 0. The summed E-state index contributed by atoms with van der Waals surface area (Å²) in [5.41, 5.74) is 1.10. The first-order valence-electron chi connectivity index (χ1n) is 8.84. The summed E-state index contributed by atoms with van der Waals surface area (Å²) in [7, 11) is 5.07. The van der Waals surface area contributed by atoms with E-state index in [1.807, 2.05) is 18.2 Å². The third-order valence-corrected chi connectivity index (χ3v) is 4.12. The number of nitrogens with one attached hydrogen (secondary N) is 2. The Hall–Kier alpha value is -1.95. The van der Waals surface area contributed by atoms with Crippen LogP contribution in [-0.2, 0) is 6.54 Å². The normalized spacial score (nSPS) is 12.0. The second-order valence-electron chi connectivity index (χ2n) is 6.47. The van der Waals surface area contributed by atoms with E-state index in [-0.39, 0.29) is 0 Å². The summed E-state index contributed by atoms with van der Waals surface area (Å²) < 4.78 is 10.6. The maximum Gasteiger partial charge on any atom is 0.191 e. The van der Waals surface area contributed by atoms with E-state index >= 15 is 0 Å². The van der Waals surface area contributed by atoms with Crippen molar-refractivity contribution < 1.29 is 9.47 Å². The molecule has 1 rings (SSSR count). The summed E-state index contributed by atoms with van der Waals surface area (Å²) in [4.78, 5) is 6.74. The Kier molecular flexibility index (Phi) is 9.13. The van der Waals surface area contributed by atoms with Crippen molar-refractivity contribution in [3.05, 3.63) is 23.8 Å². The second kappa shape index (κ2) is 10.8. The van der Waals surface area contributed by atoms with Crippen LogP contribution in [0.15, 0.2) is 23.2 Å². The molecule has 0 atom stereocenters. The molecule has 0 aliphatic carbocycles. The highest BCUT2D eigenvalue weighted by molar-refractivity contribution is 5.79. The van der Waals surface area contributed by atoms with Crippen molar-refractivity contribution in [3.63, 3.8) is 0 Å². The summed E-state index contributed by atoms with van der Waals surface area (Å²) in [6.45, 7) is 11.4. The molecule has 0 aliphatic rings. The van der Waals surface area contributed by atoms with Crippen molar-refractivity contribution in [3.8, 4) is 11.5 Å². The molecule has 6 nitrogen and oxygen atoms in total. The first-order chi connectivity index (χ1) is 11.9. The molecule has 0 aliphatic heterocycles. The monoisotopic (exact) mass is 350 g/mol. The first-order valence-corrected chi connectivity index (χ1v) is 8.84. The van der Waals surface area contributed by atoms with Crippen LogP contribution in [0.4, 0.5) is 0 Å². The molecule has 0 amide bonds. The molecule has 0 saturated heterocycles. The fourth-order valence-electron chi connectivity index (χ4n) is 2.81. The SMILES string of the molecule is CN=C(NCCN(C(C)C)C(C)C)NCc1ccc(OC)c(OC)c1. The molecular formula is C19H34N4O2. The number of guanidine groups is 1. The van der Waals surface area contributed by atoms with Crippen molar-refractivity contribution in [1.29, 1.82) is 0 Å². The third kappa shape index (κ3) is 6.82. The lowest BCUT2D eigenvalue weighted by Crippen LogP contribution is -2.45. The zero-order chi connectivity index (χ0) is 18.8. The Morgan fingerprint density at radius 1 is 1.04 bits per heavy atom. The lowest BCUT2D eigenvalue weighted by atomic mass is 10.2. The summed E-state index contributed by atoms with van der Waals surface area (Å²) in [6.07, 6.45) is 0. The lowest BCUT2D eigenvalue weighted by molar-refractivity contribution is 0.178. The molecule has 25 heavy (non-hydrogen) atoms. The molecule has 0 spiro atoms. The van der Waals surface area contributed by atoms with Gasteiger partial charge in [0.2, 0.25) is 0 Å². The molecule has 2 N–H and O–H groups in total. The van der Waals surface area contributed by atoms with Crippen LogP contribution < -0.4 is 20.1 Å². The molecule has 1 aromatic carbocycles. The van der Waals surface area contributed by atoms with Crippen molar-refractivity contribution in [2.24, 2.45) is 4.99 Å². The van der Waals surface area contributed by atoms with E-state index in [9.17, 15) is 0 Å². The van der Waals surface area contributed by atoms with Gasteiger partial charge in [0, 0.05) is 38.8 Å². The minimum absolute atomic E-state index is 0.531. The smallest absolute Gasteiger partial charge is 0.191 e. The fraction of sp³-hybridized carbons (Fsp3) is 0.632. The van der Waals surface area contributed by atoms with Crippen molar-refractivity contribution >= 4 is 5.96 Å². The molecule has 142 valence electrons. The Morgan fingerprint density at radius 2 is 1.68 bits per heavy atom. The molecule has 0 radical (unpaired) electrons. The number of hydrogen-bond acceptors (Lipinski definition) is 4. The Labute approximate surface area is 152 Å². The number of benzene rings is 1. The molecule has 0 bridgehead atoms. The lowest BCUT2D eigenvalue weighted by Gasteiger charge is -2.30. The van der Waals surface area contributed by atoms with E-state index in [2.05, 4.69) is 48.2 Å². The van der Waals surface area contributed by atoms with Gasteiger partial charge in [-0.2, -0.15) is 0 Å². The third-order valence-electron chi connectivity index (χ3n) is 4.12. The van der Waals surface area contributed by atoms with Crippen LogP contribution in [0, 0.1) is 0 Å². The van der Waals surface area contributed by atoms with Crippen LogP contribution in [0.2, 0.25) is 0 Å². The zero-order valence-electron chi connectivity index (χ0n) is 16.7. The molecule has 0 fully saturated rings. The predicted molar refractivity (Wildman–Crippen MR) is 105 cm³/mol. The van der Waals surface area contributed by atoms with Gasteiger partial charge in [-0.05, 0) is 45.4 Å². The minimum Gasteiger partial charge on any atom is -0.493 e. The number of hydrogen-bond donors (Lipinski definition) is 2. The quantitative estimate of drug-likeness (QED) is 0.529. The van der Waals surface area contributed by atoms with Gasteiger partial charge in [0.25, 0.3) is 0 Å². The summed E-state index contributed by atoms with van der Waals surface area (Å²) in [5.74, 6) is 2.26. The maximum atomic E-state index is 5.34. The van der Waals surface area contributed by atoms with Crippen molar-refractivity contribution in [2.75, 3.05) is 34.4 Å². The highest BCUT2D eigenvalue weighted by atomic mass is 16.5. The molecule has 0 unspecified atom stereocenters. The van der Waals surface area contributed by atoms with E-state index in [1.54, 1.807) is 21.3 Å². The molecule has 1 aromatic rings. The van der Waals surface area contributed by atoms with Gasteiger partial charge in [-0.1, -0.05) is 6.07 Å². The first kappa shape index (κ1) is 21.1. The van der Waals surface area contributed by atoms with Gasteiger partial charge < -0.3 is 20.1 Å². The maximum absolute atomic E-state index is 5.34. The zero-order valence-corrected chi connectivity index (χ0v) is 16.7. The number of nitrogens with zero attached hydrogens (tertiary/aromatic N) is 2. The molecule has 0 saturated carbocycles. The Balaban J connectivity index is 2.52. The molecule has 0 aromatic heterocycles. The fourth-order valence-corrected chi connectivity index (χ4v) is 2.81. The summed E-state index contributed by atoms with van der Waals surface area (Å²) in [6, 6.07) is 6.96. The van der Waals surface area contributed by atoms with E-state index in [0.29, 0.717) is 18.6 Å². The predicted octanol–water partition coefficient (Wildman–Crippen LogP) is 2.49. The Bertz CT molecular complexity index is 536. The van der Waals surface area contributed by atoms with Gasteiger partial charge in [0.15, 0.2) is 17.5 Å². The minimum atomic E-state index is 0.531. The van der Waals surface area contributed by atoms with Crippen LogP contribution in [-0.4, -0.2) is 57.3 Å². The van der Waals surface area contributed by atoms with Gasteiger partial charge >= 0.3 is 0 Å². The van der Waals surface area contributed by atoms with Gasteiger partial charge in [-0.25, -0.2) is 0 Å². The van der Waals surface area contributed by atoms with Crippen LogP contribution in [0.25, 0.3) is 0 Å². The molecule has 0 heterocycles. The number of ether oxygens (including phenoxy) is 2. The van der Waals surface area contributed by atoms with E-state index < -0.39 is 0 Å². The van der Waals surface area contributed by atoms with Crippen molar-refractivity contribution in [1.82, 2.24) is 15.5 Å². The van der Waals surface area contributed by atoms with Gasteiger partial charge in [0.05, 0.1) is 14.2 Å². The Morgan fingerprint density at radius 3 is 2.20 bits per heavy atom. The van der Waals surface area contributed by atoms with E-state index in [1.165, 1.54) is 0 Å². The highest BCUT2D eigenvalue weighted by Crippen LogP contribution is 2.27. The average Bonchev–Trinajstić information content (AvgIpc) is 2.60. The number of aliphatic imine (C=N–C) groups is 1. The molecular weight excluding hydrogens is 316 g/mol. The van der Waals surface area contributed by atoms with E-state index in [4.69, 9.17) is 9.47 Å². The number of methoxy groups -OCH3 is 2. The number of rotatable bonds is 9. The average molecular weight is 351 g/mol. The van der Waals surface area contributed by atoms with Gasteiger partial charge in [-0.3, -0.25) is 9.89 Å². The van der Waals surface area contributed by atoms with Crippen LogP contribution >= 0.6 is 0 Å². The summed E-state index contributed by atoms with van der Waals surface area (Å²) in [5, 5.41) is 6.70. The van der Waals surface area contributed by atoms with Crippen molar-refractivity contribution in [2.45, 2.75) is 46.3 Å². The highest BCUT2D eigenvalue weighted by Gasteiger charge is 2.12. The van der Waals surface area contributed by atoms with E-state index in [0.717, 1.165) is 36.1 Å². The van der Waals surface area contributed by atoms with Gasteiger partial charge in [0.1, 0.15) is 0 Å².